The SMILES string of the molecule is CCCCC[N+](C)(CCCCCCC(=O)CNS)CCOCCOC. The van der Waals surface area contributed by atoms with E-state index in [9.17, 15) is 4.79 Å². The van der Waals surface area contributed by atoms with Crippen molar-refractivity contribution in [2.45, 2.75) is 58.3 Å². The van der Waals surface area contributed by atoms with Gasteiger partial charge in [0.1, 0.15) is 12.3 Å². The lowest BCUT2D eigenvalue weighted by Crippen LogP contribution is -2.47. The third-order valence-corrected chi connectivity index (χ3v) is 4.85. The Morgan fingerprint density at radius 1 is 0.960 bits per heavy atom. The topological polar surface area (TPSA) is 47.6 Å². The monoisotopic (exact) mass is 377 g/mol. The van der Waals surface area contributed by atoms with Gasteiger partial charge in [-0.2, -0.15) is 0 Å². The maximum Gasteiger partial charge on any atom is 0.147 e. The van der Waals surface area contributed by atoms with Crippen LogP contribution in [0.4, 0.5) is 0 Å². The maximum absolute atomic E-state index is 11.4. The van der Waals surface area contributed by atoms with Gasteiger partial charge in [-0.15, -0.1) is 0 Å². The summed E-state index contributed by atoms with van der Waals surface area (Å²) in [6, 6.07) is 0. The van der Waals surface area contributed by atoms with E-state index < -0.39 is 0 Å². The number of thiol groups is 1. The van der Waals surface area contributed by atoms with Gasteiger partial charge in [-0.25, -0.2) is 0 Å². The Balaban J connectivity index is 3.97. The summed E-state index contributed by atoms with van der Waals surface area (Å²) in [5.74, 6) is 0.253. The van der Waals surface area contributed by atoms with Gasteiger partial charge in [0.05, 0.1) is 46.5 Å². The lowest BCUT2D eigenvalue weighted by Gasteiger charge is -2.35. The number of hydrogen-bond acceptors (Lipinski definition) is 5. The Labute approximate surface area is 161 Å². The molecular weight excluding hydrogens is 336 g/mol. The van der Waals surface area contributed by atoms with Crippen LogP contribution in [0.1, 0.15) is 58.3 Å². The zero-order chi connectivity index (χ0) is 18.8. The Kier molecular flexibility index (Phi) is 17.2. The summed E-state index contributed by atoms with van der Waals surface area (Å²) in [7, 11) is 4.06. The van der Waals surface area contributed by atoms with Crippen LogP contribution >= 0.6 is 12.8 Å². The molecule has 0 spiro atoms. The molecule has 0 aromatic heterocycles. The minimum Gasteiger partial charge on any atom is -0.382 e. The van der Waals surface area contributed by atoms with E-state index in [0.29, 0.717) is 26.2 Å². The zero-order valence-corrected chi connectivity index (χ0v) is 17.6. The lowest BCUT2D eigenvalue weighted by atomic mass is 10.1. The molecular formula is C19H41N2O3S+. The second kappa shape index (κ2) is 17.3. The Bertz CT molecular complexity index is 319. The van der Waals surface area contributed by atoms with E-state index in [4.69, 9.17) is 9.47 Å². The van der Waals surface area contributed by atoms with Gasteiger partial charge in [0.25, 0.3) is 0 Å². The molecule has 1 N–H and O–H groups in total. The highest BCUT2D eigenvalue weighted by molar-refractivity contribution is 7.78. The zero-order valence-electron chi connectivity index (χ0n) is 16.7. The fourth-order valence-corrected chi connectivity index (χ4v) is 3.13. The highest BCUT2D eigenvalue weighted by Gasteiger charge is 2.20. The summed E-state index contributed by atoms with van der Waals surface area (Å²) in [4.78, 5) is 11.4. The second-order valence-electron chi connectivity index (χ2n) is 7.14. The molecule has 0 rings (SSSR count). The quantitative estimate of drug-likeness (QED) is 0.206. The van der Waals surface area contributed by atoms with Crippen LogP contribution in [-0.4, -0.2) is 70.4 Å². The van der Waals surface area contributed by atoms with Gasteiger partial charge in [-0.3, -0.25) is 9.52 Å². The standard InChI is InChI=1S/C19H41N2O3S/c1-4-5-9-12-21(2,14-15-24-17-16-23-3)13-10-7-6-8-11-19(22)18-20-25/h20,25H,4-18H2,1-3H3/q+1. The number of unbranched alkanes of at least 4 members (excludes halogenated alkanes) is 5. The minimum absolute atomic E-state index is 0.253. The van der Waals surface area contributed by atoms with Crippen LogP contribution in [0.2, 0.25) is 0 Å². The van der Waals surface area contributed by atoms with E-state index in [-0.39, 0.29) is 5.78 Å². The van der Waals surface area contributed by atoms with Gasteiger partial charge in [0.15, 0.2) is 0 Å². The molecule has 0 bridgehead atoms. The molecule has 1 atom stereocenters. The third kappa shape index (κ3) is 15.8. The molecule has 0 radical (unpaired) electrons. The summed E-state index contributed by atoms with van der Waals surface area (Å²) >= 11 is 3.86. The second-order valence-corrected chi connectivity index (χ2v) is 7.46. The van der Waals surface area contributed by atoms with Crippen LogP contribution in [0.3, 0.4) is 0 Å². The molecule has 0 heterocycles. The predicted octanol–water partition coefficient (Wildman–Crippen LogP) is 3.24. The van der Waals surface area contributed by atoms with Crippen molar-refractivity contribution in [3.63, 3.8) is 0 Å². The first kappa shape index (κ1) is 24.9. The Morgan fingerprint density at radius 2 is 1.64 bits per heavy atom. The number of ketones is 1. The minimum atomic E-state index is 0.253. The number of rotatable bonds is 19. The first-order valence-corrected chi connectivity index (χ1v) is 10.3. The average Bonchev–Trinajstić information content (AvgIpc) is 2.58. The van der Waals surface area contributed by atoms with E-state index in [0.717, 1.165) is 30.5 Å². The number of Topliss-reactive ketones (excluding diaryl/α,β-unsaturated/α-hetero) is 1. The van der Waals surface area contributed by atoms with Crippen LogP contribution in [0, 0.1) is 0 Å². The maximum atomic E-state index is 11.4. The van der Waals surface area contributed by atoms with E-state index in [1.165, 1.54) is 45.2 Å². The van der Waals surface area contributed by atoms with Crippen LogP contribution in [0.15, 0.2) is 0 Å². The normalized spacial score (nSPS) is 13.8. The number of nitrogens with one attached hydrogen (secondary N) is 1. The fourth-order valence-electron chi connectivity index (χ4n) is 2.95. The molecule has 25 heavy (non-hydrogen) atoms. The summed E-state index contributed by atoms with van der Waals surface area (Å²) < 4.78 is 14.4. The van der Waals surface area contributed by atoms with Crippen molar-refractivity contribution in [1.29, 1.82) is 0 Å². The van der Waals surface area contributed by atoms with Gasteiger partial charge >= 0.3 is 0 Å². The average molecular weight is 378 g/mol. The van der Waals surface area contributed by atoms with E-state index in [1.807, 2.05) is 0 Å². The van der Waals surface area contributed by atoms with Gasteiger partial charge in [-0.05, 0) is 32.1 Å². The largest absolute Gasteiger partial charge is 0.382 e. The number of carbonyl (C=O) groups excluding carboxylic acids is 1. The molecule has 0 aliphatic rings. The van der Waals surface area contributed by atoms with Crippen LogP contribution in [0.5, 0.6) is 0 Å². The molecule has 6 heteroatoms. The van der Waals surface area contributed by atoms with Gasteiger partial charge < -0.3 is 14.0 Å². The van der Waals surface area contributed by atoms with Crippen molar-refractivity contribution in [3.8, 4) is 0 Å². The molecule has 0 saturated heterocycles. The van der Waals surface area contributed by atoms with Crippen LogP contribution in [-0.2, 0) is 14.3 Å². The van der Waals surface area contributed by atoms with E-state index >= 15 is 0 Å². The van der Waals surface area contributed by atoms with Crippen molar-refractivity contribution >= 4 is 18.6 Å². The van der Waals surface area contributed by atoms with Crippen molar-refractivity contribution in [2.24, 2.45) is 0 Å². The number of carbonyl (C=O) groups is 1. The summed E-state index contributed by atoms with van der Waals surface area (Å²) in [6.45, 7) is 8.27. The number of ether oxygens (including phenoxy) is 2. The van der Waals surface area contributed by atoms with Crippen molar-refractivity contribution in [1.82, 2.24) is 4.72 Å². The van der Waals surface area contributed by atoms with Crippen molar-refractivity contribution < 1.29 is 18.8 Å². The Morgan fingerprint density at radius 3 is 2.28 bits per heavy atom. The fraction of sp³-hybridized carbons (Fsp3) is 0.947. The third-order valence-electron chi connectivity index (χ3n) is 4.69. The molecule has 150 valence electrons. The molecule has 0 aromatic carbocycles. The Hall–Kier alpha value is -0.140. The van der Waals surface area contributed by atoms with Gasteiger partial charge in [0.2, 0.25) is 0 Å². The predicted molar refractivity (Wildman–Crippen MR) is 108 cm³/mol. The molecule has 0 amide bonds. The molecule has 0 aromatic rings. The molecule has 1 unspecified atom stereocenters. The van der Waals surface area contributed by atoms with Crippen molar-refractivity contribution in [3.05, 3.63) is 0 Å². The number of quaternary nitrogens is 1. The smallest absolute Gasteiger partial charge is 0.147 e. The van der Waals surface area contributed by atoms with Crippen molar-refractivity contribution in [2.75, 3.05) is 60.2 Å². The number of methoxy groups -OCH3 is 1. The van der Waals surface area contributed by atoms with Crippen LogP contribution in [0.25, 0.3) is 0 Å². The van der Waals surface area contributed by atoms with Gasteiger partial charge in [0, 0.05) is 13.5 Å². The highest BCUT2D eigenvalue weighted by Crippen LogP contribution is 2.12. The molecule has 0 aliphatic carbocycles. The van der Waals surface area contributed by atoms with E-state index in [1.54, 1.807) is 7.11 Å². The summed E-state index contributed by atoms with van der Waals surface area (Å²) in [5.41, 5.74) is 0. The first-order valence-electron chi connectivity index (χ1n) is 9.87. The highest BCUT2D eigenvalue weighted by atomic mass is 32.1. The van der Waals surface area contributed by atoms with E-state index in [2.05, 4.69) is 31.5 Å². The molecule has 0 aliphatic heterocycles. The van der Waals surface area contributed by atoms with Crippen LogP contribution < -0.4 is 4.72 Å². The molecule has 5 nitrogen and oxygen atoms in total. The number of likely N-dealkylation sites (N-methyl/N-ethyl adjacent to an activating group) is 1. The first-order chi connectivity index (χ1) is 12.1. The summed E-state index contributed by atoms with van der Waals surface area (Å²) in [5, 5.41) is 0. The number of nitrogens with zero attached hydrogens (tertiary/aromatic N) is 1. The van der Waals surface area contributed by atoms with Gasteiger partial charge in [-0.1, -0.05) is 32.6 Å². The summed E-state index contributed by atoms with van der Waals surface area (Å²) in [6.07, 6.45) is 9.08. The lowest BCUT2D eigenvalue weighted by molar-refractivity contribution is -0.910. The number of hydrogen-bond donors (Lipinski definition) is 2. The molecule has 0 saturated carbocycles. The molecule has 0 fully saturated rings.